The highest BCUT2D eigenvalue weighted by atomic mass is 79.9. The Kier molecular flexibility index (Phi) is 5.37. The van der Waals surface area contributed by atoms with Gasteiger partial charge in [-0.15, -0.1) is 0 Å². The van der Waals surface area contributed by atoms with Crippen molar-refractivity contribution in [2.24, 2.45) is 0 Å². The molecule has 0 unspecified atom stereocenters. The van der Waals surface area contributed by atoms with E-state index in [0.29, 0.717) is 15.9 Å². The van der Waals surface area contributed by atoms with Gasteiger partial charge in [0.15, 0.2) is 5.82 Å². The highest BCUT2D eigenvalue weighted by Crippen LogP contribution is 2.22. The first-order valence-electron chi connectivity index (χ1n) is 8.04. The van der Waals surface area contributed by atoms with E-state index in [1.807, 2.05) is 32.0 Å². The molecule has 0 fully saturated rings. The van der Waals surface area contributed by atoms with Crippen molar-refractivity contribution < 1.29 is 9.18 Å². The van der Waals surface area contributed by atoms with Crippen molar-refractivity contribution in [3.05, 3.63) is 75.6 Å². The van der Waals surface area contributed by atoms with Crippen LogP contribution in [-0.4, -0.2) is 15.8 Å². The number of urea groups is 1. The van der Waals surface area contributed by atoms with Crippen LogP contribution in [0.4, 0.5) is 20.7 Å². The summed E-state index contributed by atoms with van der Waals surface area (Å²) in [7, 11) is 0. The number of anilines is 2. The number of hydrogen-bond donors (Lipinski definition) is 2. The van der Waals surface area contributed by atoms with Crippen LogP contribution in [0.1, 0.15) is 16.7 Å². The molecular formula is C19H18BrFN4O. The Balaban J connectivity index is 1.70. The SMILES string of the molecule is Cc1ccc(C)c(NC(=O)Nc2nn(Cc3ccccc3F)cc2Br)c1. The summed E-state index contributed by atoms with van der Waals surface area (Å²) in [6, 6.07) is 12.0. The maximum Gasteiger partial charge on any atom is 0.324 e. The van der Waals surface area contributed by atoms with E-state index < -0.39 is 6.03 Å². The molecule has 2 aromatic carbocycles. The van der Waals surface area contributed by atoms with Crippen LogP contribution in [0.15, 0.2) is 53.1 Å². The first kappa shape index (κ1) is 18.1. The molecule has 0 aliphatic carbocycles. The van der Waals surface area contributed by atoms with Crippen LogP contribution in [0.5, 0.6) is 0 Å². The van der Waals surface area contributed by atoms with Gasteiger partial charge in [-0.1, -0.05) is 30.3 Å². The molecule has 3 rings (SSSR count). The molecule has 2 N–H and O–H groups in total. The Hall–Kier alpha value is -2.67. The fourth-order valence-corrected chi connectivity index (χ4v) is 2.91. The first-order chi connectivity index (χ1) is 12.4. The standard InChI is InChI=1S/C19H18BrFN4O/c1-12-7-8-13(2)17(9-12)22-19(26)23-18-15(20)11-25(24-18)10-14-5-3-4-6-16(14)21/h3-9,11H,10H2,1-2H3,(H2,22,23,24,26). The minimum absolute atomic E-state index is 0.269. The van der Waals surface area contributed by atoms with Crippen LogP contribution in [-0.2, 0) is 6.54 Å². The van der Waals surface area contributed by atoms with Crippen LogP contribution < -0.4 is 10.6 Å². The maximum atomic E-state index is 13.8. The van der Waals surface area contributed by atoms with Crippen LogP contribution in [0.25, 0.3) is 0 Å². The average molecular weight is 417 g/mol. The third kappa shape index (κ3) is 4.29. The zero-order valence-electron chi connectivity index (χ0n) is 14.4. The number of halogens is 2. The van der Waals surface area contributed by atoms with Crippen LogP contribution in [0.2, 0.25) is 0 Å². The van der Waals surface area contributed by atoms with E-state index in [1.165, 1.54) is 6.07 Å². The minimum Gasteiger partial charge on any atom is -0.307 e. The molecule has 1 aromatic heterocycles. The summed E-state index contributed by atoms with van der Waals surface area (Å²) in [4.78, 5) is 12.3. The van der Waals surface area contributed by atoms with Gasteiger partial charge >= 0.3 is 6.03 Å². The molecule has 5 nitrogen and oxygen atoms in total. The van der Waals surface area contributed by atoms with Gasteiger partial charge < -0.3 is 5.32 Å². The number of hydrogen-bond acceptors (Lipinski definition) is 2. The summed E-state index contributed by atoms with van der Waals surface area (Å²) in [6.45, 7) is 4.16. The van der Waals surface area contributed by atoms with Crippen molar-refractivity contribution in [3.8, 4) is 0 Å². The van der Waals surface area contributed by atoms with Crippen LogP contribution in [0, 0.1) is 19.7 Å². The molecule has 0 saturated carbocycles. The third-order valence-corrected chi connectivity index (χ3v) is 4.46. The monoisotopic (exact) mass is 416 g/mol. The Labute approximate surface area is 159 Å². The number of nitrogens with zero attached hydrogens (tertiary/aromatic N) is 2. The molecule has 1 heterocycles. The van der Waals surface area contributed by atoms with E-state index in [4.69, 9.17) is 0 Å². The van der Waals surface area contributed by atoms with E-state index in [0.717, 1.165) is 16.8 Å². The molecule has 0 aliphatic rings. The molecule has 0 radical (unpaired) electrons. The number of aromatic nitrogens is 2. The van der Waals surface area contributed by atoms with Gasteiger partial charge in [0.2, 0.25) is 0 Å². The van der Waals surface area contributed by atoms with Crippen molar-refractivity contribution >= 4 is 33.5 Å². The lowest BCUT2D eigenvalue weighted by atomic mass is 10.1. The topological polar surface area (TPSA) is 59.0 Å². The second kappa shape index (κ2) is 7.70. The van der Waals surface area contributed by atoms with Gasteiger partial charge in [-0.25, -0.2) is 9.18 Å². The third-order valence-electron chi connectivity index (χ3n) is 3.88. The van der Waals surface area contributed by atoms with E-state index >= 15 is 0 Å². The largest absolute Gasteiger partial charge is 0.324 e. The smallest absolute Gasteiger partial charge is 0.307 e. The highest BCUT2D eigenvalue weighted by Gasteiger charge is 2.12. The molecule has 3 aromatic rings. The summed E-state index contributed by atoms with van der Waals surface area (Å²) in [5.74, 6) is 0.0745. The van der Waals surface area contributed by atoms with E-state index in [1.54, 1.807) is 29.1 Å². The summed E-state index contributed by atoms with van der Waals surface area (Å²) < 4.78 is 16.0. The van der Waals surface area contributed by atoms with Crippen molar-refractivity contribution in [3.63, 3.8) is 0 Å². The van der Waals surface area contributed by atoms with Gasteiger partial charge in [-0.3, -0.25) is 10.00 Å². The summed E-state index contributed by atoms with van der Waals surface area (Å²) >= 11 is 3.37. The van der Waals surface area contributed by atoms with Crippen molar-refractivity contribution in [2.75, 3.05) is 10.6 Å². The maximum absolute atomic E-state index is 13.8. The van der Waals surface area contributed by atoms with Crippen molar-refractivity contribution in [1.82, 2.24) is 9.78 Å². The zero-order valence-corrected chi connectivity index (χ0v) is 16.0. The zero-order chi connectivity index (χ0) is 18.7. The molecular weight excluding hydrogens is 399 g/mol. The first-order valence-corrected chi connectivity index (χ1v) is 8.83. The molecule has 26 heavy (non-hydrogen) atoms. The second-order valence-corrected chi connectivity index (χ2v) is 6.87. The average Bonchev–Trinajstić information content (AvgIpc) is 2.92. The Morgan fingerprint density at radius 3 is 2.73 bits per heavy atom. The van der Waals surface area contributed by atoms with E-state index in [-0.39, 0.29) is 12.4 Å². The Morgan fingerprint density at radius 2 is 1.96 bits per heavy atom. The van der Waals surface area contributed by atoms with Crippen molar-refractivity contribution in [2.45, 2.75) is 20.4 Å². The van der Waals surface area contributed by atoms with Gasteiger partial charge in [-0.2, -0.15) is 5.10 Å². The lowest BCUT2D eigenvalue weighted by Gasteiger charge is -2.09. The fraction of sp³-hybridized carbons (Fsp3) is 0.158. The van der Waals surface area contributed by atoms with E-state index in [2.05, 4.69) is 31.7 Å². The molecule has 0 spiro atoms. The molecule has 0 atom stereocenters. The molecule has 7 heteroatoms. The van der Waals surface area contributed by atoms with E-state index in [9.17, 15) is 9.18 Å². The molecule has 134 valence electrons. The highest BCUT2D eigenvalue weighted by molar-refractivity contribution is 9.10. The predicted molar refractivity (Wildman–Crippen MR) is 104 cm³/mol. The molecule has 2 amide bonds. The Morgan fingerprint density at radius 1 is 1.19 bits per heavy atom. The summed E-state index contributed by atoms with van der Waals surface area (Å²) in [6.07, 6.45) is 1.69. The second-order valence-electron chi connectivity index (χ2n) is 6.01. The van der Waals surface area contributed by atoms with Gasteiger partial charge in [0.05, 0.1) is 11.0 Å². The Bertz CT molecular complexity index is 954. The number of carbonyl (C=O) groups excluding carboxylic acids is 1. The molecule has 0 bridgehead atoms. The lowest BCUT2D eigenvalue weighted by molar-refractivity contribution is 0.262. The normalized spacial score (nSPS) is 10.6. The molecule has 0 aliphatic heterocycles. The van der Waals surface area contributed by atoms with Gasteiger partial charge in [0.1, 0.15) is 5.82 Å². The summed E-state index contributed by atoms with van der Waals surface area (Å²) in [5, 5.41) is 9.82. The van der Waals surface area contributed by atoms with Gasteiger partial charge in [-0.05, 0) is 53.0 Å². The van der Waals surface area contributed by atoms with Gasteiger partial charge in [0, 0.05) is 17.4 Å². The molecule has 0 saturated heterocycles. The number of rotatable bonds is 4. The number of nitrogens with one attached hydrogen (secondary N) is 2. The number of benzene rings is 2. The van der Waals surface area contributed by atoms with Crippen molar-refractivity contribution in [1.29, 1.82) is 0 Å². The van der Waals surface area contributed by atoms with Gasteiger partial charge in [0.25, 0.3) is 0 Å². The lowest BCUT2D eigenvalue weighted by Crippen LogP contribution is -2.20. The predicted octanol–water partition coefficient (Wildman–Crippen LogP) is 5.09. The van der Waals surface area contributed by atoms with Crippen LogP contribution >= 0.6 is 15.9 Å². The number of aryl methyl sites for hydroxylation is 2. The number of amides is 2. The quantitative estimate of drug-likeness (QED) is 0.621. The number of carbonyl (C=O) groups is 1. The minimum atomic E-state index is -0.393. The summed E-state index contributed by atoms with van der Waals surface area (Å²) in [5.41, 5.74) is 3.29. The fourth-order valence-electron chi connectivity index (χ4n) is 2.50. The van der Waals surface area contributed by atoms with Crippen LogP contribution in [0.3, 0.4) is 0 Å².